The first-order valence-corrected chi connectivity index (χ1v) is 6.47. The van der Waals surface area contributed by atoms with Crippen molar-refractivity contribution in [2.45, 2.75) is 38.9 Å². The molecule has 94 valence electrons. The third kappa shape index (κ3) is 2.07. The monoisotopic (exact) mass is 308 g/mol. The van der Waals surface area contributed by atoms with Crippen molar-refractivity contribution in [3.05, 3.63) is 22.4 Å². The van der Waals surface area contributed by atoms with Gasteiger partial charge in [-0.05, 0) is 43.6 Å². The first-order chi connectivity index (χ1) is 8.28. The van der Waals surface area contributed by atoms with E-state index in [9.17, 15) is 5.26 Å². The van der Waals surface area contributed by atoms with Gasteiger partial charge in [0.05, 0.1) is 21.2 Å². The average molecular weight is 309 g/mol. The van der Waals surface area contributed by atoms with Crippen molar-refractivity contribution in [2.75, 3.05) is 0 Å². The minimum atomic E-state index is -0.561. The molecule has 2 heterocycles. The second-order valence-corrected chi connectivity index (χ2v) is 6.14. The van der Waals surface area contributed by atoms with Gasteiger partial charge in [0.1, 0.15) is 6.07 Å². The summed E-state index contributed by atoms with van der Waals surface area (Å²) >= 11 is 3.32. The normalized spacial score (nSPS) is 20.8. The molecule has 6 heteroatoms. The molecule has 1 aliphatic rings. The third-order valence-electron chi connectivity index (χ3n) is 3.55. The van der Waals surface area contributed by atoms with E-state index in [0.29, 0.717) is 15.5 Å². The number of rotatable bonds is 1. The highest BCUT2D eigenvalue weighted by atomic mass is 79.9. The molecule has 0 bridgehead atoms. The standard InChI is InChI=1S/C12H14BBrN2O2/c1-11(2)12(3,4)18-13(17-11)9-6-16-7-10(14)8(9)5-15/h6-7H,1-4H3. The summed E-state index contributed by atoms with van der Waals surface area (Å²) in [5, 5.41) is 9.20. The molecule has 2 rings (SSSR count). The Morgan fingerprint density at radius 3 is 2.28 bits per heavy atom. The Labute approximate surface area is 116 Å². The van der Waals surface area contributed by atoms with Gasteiger partial charge in [0.15, 0.2) is 0 Å². The second-order valence-electron chi connectivity index (χ2n) is 5.29. The largest absolute Gasteiger partial charge is 0.497 e. The Morgan fingerprint density at radius 2 is 1.78 bits per heavy atom. The smallest absolute Gasteiger partial charge is 0.399 e. The van der Waals surface area contributed by atoms with Gasteiger partial charge in [0, 0.05) is 17.9 Å². The zero-order chi connectivity index (χ0) is 13.6. The lowest BCUT2D eigenvalue weighted by atomic mass is 9.77. The van der Waals surface area contributed by atoms with E-state index >= 15 is 0 Å². The summed E-state index contributed by atoms with van der Waals surface area (Å²) in [4.78, 5) is 4.07. The number of halogens is 1. The maximum absolute atomic E-state index is 9.20. The van der Waals surface area contributed by atoms with E-state index in [1.165, 1.54) is 0 Å². The minimum absolute atomic E-state index is 0.424. The van der Waals surface area contributed by atoms with Crippen molar-refractivity contribution in [2.24, 2.45) is 0 Å². The van der Waals surface area contributed by atoms with Crippen molar-refractivity contribution in [1.29, 1.82) is 5.26 Å². The molecule has 1 aromatic heterocycles. The number of nitriles is 1. The number of pyridine rings is 1. The van der Waals surface area contributed by atoms with Crippen LogP contribution in [0.25, 0.3) is 0 Å². The van der Waals surface area contributed by atoms with E-state index in [1.54, 1.807) is 12.4 Å². The van der Waals surface area contributed by atoms with Crippen molar-refractivity contribution < 1.29 is 9.31 Å². The lowest BCUT2D eigenvalue weighted by Crippen LogP contribution is -2.41. The van der Waals surface area contributed by atoms with Gasteiger partial charge in [-0.25, -0.2) is 0 Å². The van der Waals surface area contributed by atoms with Gasteiger partial charge < -0.3 is 9.31 Å². The summed E-state index contributed by atoms with van der Waals surface area (Å²) < 4.78 is 12.5. The number of nitrogens with zero attached hydrogens (tertiary/aromatic N) is 2. The van der Waals surface area contributed by atoms with Crippen molar-refractivity contribution >= 4 is 28.5 Å². The molecule has 0 atom stereocenters. The highest BCUT2D eigenvalue weighted by molar-refractivity contribution is 9.10. The third-order valence-corrected chi connectivity index (χ3v) is 4.15. The topological polar surface area (TPSA) is 55.1 Å². The lowest BCUT2D eigenvalue weighted by Gasteiger charge is -2.32. The van der Waals surface area contributed by atoms with Crippen LogP contribution >= 0.6 is 15.9 Å². The van der Waals surface area contributed by atoms with E-state index in [1.807, 2.05) is 27.7 Å². The van der Waals surface area contributed by atoms with Crippen LogP contribution in [-0.4, -0.2) is 23.3 Å². The van der Waals surface area contributed by atoms with Crippen LogP contribution in [0.15, 0.2) is 16.9 Å². The highest BCUT2D eigenvalue weighted by Gasteiger charge is 2.52. The number of aromatic nitrogens is 1. The zero-order valence-corrected chi connectivity index (χ0v) is 12.4. The molecule has 0 aromatic carbocycles. The van der Waals surface area contributed by atoms with Crippen LogP contribution in [0, 0.1) is 11.3 Å². The fourth-order valence-electron chi connectivity index (χ4n) is 1.72. The quantitative estimate of drug-likeness (QED) is 0.745. The summed E-state index contributed by atoms with van der Waals surface area (Å²) in [5.74, 6) is 0. The van der Waals surface area contributed by atoms with Crippen molar-refractivity contribution in [3.63, 3.8) is 0 Å². The van der Waals surface area contributed by atoms with E-state index in [0.717, 1.165) is 0 Å². The van der Waals surface area contributed by atoms with Crippen LogP contribution in [0.4, 0.5) is 0 Å². The predicted octanol–water partition coefficient (Wildman–Crippen LogP) is 2.01. The minimum Gasteiger partial charge on any atom is -0.399 e. The first kappa shape index (κ1) is 13.5. The molecule has 0 N–H and O–H groups in total. The number of hydrogen-bond acceptors (Lipinski definition) is 4. The average Bonchev–Trinajstić information content (AvgIpc) is 2.47. The zero-order valence-electron chi connectivity index (χ0n) is 10.8. The molecule has 1 saturated heterocycles. The molecule has 1 aliphatic heterocycles. The second kappa shape index (κ2) is 4.34. The Kier molecular flexibility index (Phi) is 3.26. The molecule has 0 amide bonds. The lowest BCUT2D eigenvalue weighted by molar-refractivity contribution is 0.00578. The van der Waals surface area contributed by atoms with Crippen molar-refractivity contribution in [3.8, 4) is 6.07 Å². The molecular weight excluding hydrogens is 295 g/mol. The van der Waals surface area contributed by atoms with Crippen LogP contribution in [0.2, 0.25) is 0 Å². The molecule has 0 radical (unpaired) electrons. The van der Waals surface area contributed by atoms with Gasteiger partial charge in [-0.15, -0.1) is 0 Å². The van der Waals surface area contributed by atoms with E-state index in [4.69, 9.17) is 9.31 Å². The van der Waals surface area contributed by atoms with Crippen LogP contribution < -0.4 is 5.46 Å². The fraction of sp³-hybridized carbons (Fsp3) is 0.500. The Morgan fingerprint density at radius 1 is 1.22 bits per heavy atom. The molecule has 18 heavy (non-hydrogen) atoms. The van der Waals surface area contributed by atoms with Gasteiger partial charge in [-0.3, -0.25) is 4.98 Å². The summed E-state index contributed by atoms with van der Waals surface area (Å²) in [6.45, 7) is 7.91. The van der Waals surface area contributed by atoms with Crippen LogP contribution in [-0.2, 0) is 9.31 Å². The molecule has 0 saturated carbocycles. The van der Waals surface area contributed by atoms with Crippen LogP contribution in [0.1, 0.15) is 33.3 Å². The summed E-state index contributed by atoms with van der Waals surface area (Å²) in [6, 6.07) is 2.15. The van der Waals surface area contributed by atoms with Gasteiger partial charge in [0.25, 0.3) is 0 Å². The molecular formula is C12H14BBrN2O2. The molecule has 1 aromatic rings. The molecule has 1 fully saturated rings. The van der Waals surface area contributed by atoms with Gasteiger partial charge in [0.2, 0.25) is 0 Å². The van der Waals surface area contributed by atoms with Crippen LogP contribution in [0.3, 0.4) is 0 Å². The molecule has 4 nitrogen and oxygen atoms in total. The van der Waals surface area contributed by atoms with E-state index in [2.05, 4.69) is 27.0 Å². The Hall–Kier alpha value is -0.895. The summed E-state index contributed by atoms with van der Waals surface area (Å²) in [5.41, 5.74) is 0.313. The first-order valence-electron chi connectivity index (χ1n) is 5.67. The number of hydrogen-bond donors (Lipinski definition) is 0. The fourth-order valence-corrected chi connectivity index (χ4v) is 2.15. The predicted molar refractivity (Wildman–Crippen MR) is 72.4 cm³/mol. The Balaban J connectivity index is 2.42. The van der Waals surface area contributed by atoms with Gasteiger partial charge in [-0.1, -0.05) is 0 Å². The maximum Gasteiger partial charge on any atom is 0.497 e. The molecule has 0 spiro atoms. The van der Waals surface area contributed by atoms with Crippen LogP contribution in [0.5, 0.6) is 0 Å². The summed E-state index contributed by atoms with van der Waals surface area (Å²) in [7, 11) is -0.561. The maximum atomic E-state index is 9.20. The SMILES string of the molecule is CC1(C)OB(c2cncc(Br)c2C#N)OC1(C)C. The van der Waals surface area contributed by atoms with Gasteiger partial charge in [-0.2, -0.15) is 5.26 Å². The van der Waals surface area contributed by atoms with E-state index < -0.39 is 18.3 Å². The molecule has 0 aliphatic carbocycles. The highest BCUT2D eigenvalue weighted by Crippen LogP contribution is 2.36. The Bertz CT molecular complexity index is 509. The summed E-state index contributed by atoms with van der Waals surface area (Å²) in [6.07, 6.45) is 3.21. The van der Waals surface area contributed by atoms with Gasteiger partial charge >= 0.3 is 7.12 Å². The van der Waals surface area contributed by atoms with E-state index in [-0.39, 0.29) is 0 Å². The van der Waals surface area contributed by atoms with Crippen molar-refractivity contribution in [1.82, 2.24) is 4.98 Å². The molecule has 0 unspecified atom stereocenters.